The van der Waals surface area contributed by atoms with Crippen molar-refractivity contribution in [3.8, 4) is 0 Å². The third kappa shape index (κ3) is 4.88. The number of hydrogen-bond acceptors (Lipinski definition) is 4. The van der Waals surface area contributed by atoms with Gasteiger partial charge in [-0.15, -0.1) is 11.3 Å². The quantitative estimate of drug-likeness (QED) is 0.793. The van der Waals surface area contributed by atoms with Crippen LogP contribution >= 0.6 is 11.3 Å². The summed E-state index contributed by atoms with van der Waals surface area (Å²) in [6, 6.07) is 4.53. The molecule has 3 nitrogen and oxygen atoms in total. The van der Waals surface area contributed by atoms with Gasteiger partial charge in [-0.2, -0.15) is 0 Å². The van der Waals surface area contributed by atoms with E-state index in [9.17, 15) is 0 Å². The number of likely N-dealkylation sites (N-methyl/N-ethyl adjacent to an activating group) is 1. The van der Waals surface area contributed by atoms with Crippen molar-refractivity contribution in [3.63, 3.8) is 0 Å². The zero-order valence-electron chi connectivity index (χ0n) is 12.2. The Morgan fingerprint density at radius 3 is 2.89 bits per heavy atom. The zero-order valence-corrected chi connectivity index (χ0v) is 13.0. The number of nitrogens with zero attached hydrogens (tertiary/aromatic N) is 1. The minimum absolute atomic E-state index is 0.459. The molecule has 0 spiro atoms. The molecule has 108 valence electrons. The van der Waals surface area contributed by atoms with Crippen LogP contribution in [0, 0.1) is 0 Å². The molecule has 1 fully saturated rings. The van der Waals surface area contributed by atoms with E-state index < -0.39 is 0 Å². The smallest absolute Gasteiger partial charge is 0.0702 e. The van der Waals surface area contributed by atoms with Crippen LogP contribution in [0.15, 0.2) is 12.1 Å². The van der Waals surface area contributed by atoms with Crippen molar-refractivity contribution < 1.29 is 4.74 Å². The van der Waals surface area contributed by atoms with Gasteiger partial charge in [-0.3, -0.25) is 4.90 Å². The van der Waals surface area contributed by atoms with Gasteiger partial charge in [-0.1, -0.05) is 13.8 Å². The van der Waals surface area contributed by atoms with Gasteiger partial charge in [0, 0.05) is 36.0 Å². The molecule has 1 aliphatic rings. The second-order valence-corrected chi connectivity index (χ2v) is 6.36. The molecule has 0 amide bonds. The van der Waals surface area contributed by atoms with Crippen LogP contribution in [0.3, 0.4) is 0 Å². The van der Waals surface area contributed by atoms with Crippen molar-refractivity contribution >= 4 is 11.3 Å². The maximum atomic E-state index is 5.73. The summed E-state index contributed by atoms with van der Waals surface area (Å²) in [5, 5.41) is 3.38. The third-order valence-corrected chi connectivity index (χ3v) is 4.65. The van der Waals surface area contributed by atoms with Gasteiger partial charge < -0.3 is 10.1 Å². The molecule has 0 aromatic carbocycles. The number of rotatable bonds is 8. The fourth-order valence-electron chi connectivity index (χ4n) is 2.45. The van der Waals surface area contributed by atoms with Gasteiger partial charge >= 0.3 is 0 Å². The van der Waals surface area contributed by atoms with Gasteiger partial charge in [0.05, 0.1) is 6.10 Å². The minimum Gasteiger partial charge on any atom is -0.377 e. The fourth-order valence-corrected chi connectivity index (χ4v) is 3.48. The molecule has 1 aliphatic heterocycles. The SMILES string of the molecule is CCNCc1ccc(CN(CC)CC2CCCO2)s1. The lowest BCUT2D eigenvalue weighted by Crippen LogP contribution is -2.31. The average Bonchev–Trinajstić information content (AvgIpc) is 3.07. The summed E-state index contributed by atoms with van der Waals surface area (Å²) < 4.78 is 5.73. The molecule has 0 radical (unpaired) electrons. The Morgan fingerprint density at radius 2 is 2.21 bits per heavy atom. The van der Waals surface area contributed by atoms with Crippen molar-refractivity contribution in [2.24, 2.45) is 0 Å². The predicted octanol–water partition coefficient (Wildman–Crippen LogP) is 2.86. The molecule has 1 atom stereocenters. The molecule has 2 rings (SSSR count). The van der Waals surface area contributed by atoms with E-state index in [2.05, 4.69) is 36.2 Å². The third-order valence-electron chi connectivity index (χ3n) is 3.58. The van der Waals surface area contributed by atoms with E-state index in [0.29, 0.717) is 6.10 Å². The Bertz CT molecular complexity index is 361. The van der Waals surface area contributed by atoms with Crippen molar-refractivity contribution in [2.75, 3.05) is 26.2 Å². The Hall–Kier alpha value is -0.420. The first-order valence-corrected chi connectivity index (χ1v) is 8.25. The standard InChI is InChI=1S/C15H26N2OS/c1-3-16-10-14-7-8-15(19-14)12-17(4-2)11-13-6-5-9-18-13/h7-8,13,16H,3-6,9-12H2,1-2H3. The normalized spacial score (nSPS) is 19.4. The average molecular weight is 282 g/mol. The van der Waals surface area contributed by atoms with Crippen LogP contribution in [0.2, 0.25) is 0 Å². The highest BCUT2D eigenvalue weighted by Gasteiger charge is 2.18. The summed E-state index contributed by atoms with van der Waals surface area (Å²) in [7, 11) is 0. The van der Waals surface area contributed by atoms with Gasteiger partial charge in [0.1, 0.15) is 0 Å². The van der Waals surface area contributed by atoms with Crippen LogP contribution in [0.25, 0.3) is 0 Å². The minimum atomic E-state index is 0.459. The summed E-state index contributed by atoms with van der Waals surface area (Å²) >= 11 is 1.93. The molecular formula is C15H26N2OS. The molecule has 0 saturated carbocycles. The molecular weight excluding hydrogens is 256 g/mol. The highest BCUT2D eigenvalue weighted by atomic mass is 32.1. The van der Waals surface area contributed by atoms with E-state index in [0.717, 1.165) is 39.3 Å². The maximum absolute atomic E-state index is 5.73. The van der Waals surface area contributed by atoms with Crippen LogP contribution < -0.4 is 5.32 Å². The lowest BCUT2D eigenvalue weighted by Gasteiger charge is -2.22. The lowest BCUT2D eigenvalue weighted by atomic mass is 10.2. The van der Waals surface area contributed by atoms with Gasteiger partial charge in [0.15, 0.2) is 0 Å². The topological polar surface area (TPSA) is 24.5 Å². The molecule has 1 N–H and O–H groups in total. The second-order valence-electron chi connectivity index (χ2n) is 5.11. The van der Waals surface area contributed by atoms with E-state index in [-0.39, 0.29) is 0 Å². The summed E-state index contributed by atoms with van der Waals surface area (Å²) in [6.45, 7) is 10.6. The Balaban J connectivity index is 1.81. The van der Waals surface area contributed by atoms with E-state index in [1.165, 1.54) is 22.6 Å². The van der Waals surface area contributed by atoms with Gasteiger partial charge in [-0.25, -0.2) is 0 Å². The largest absolute Gasteiger partial charge is 0.377 e. The Kier molecular flexibility index (Phi) is 6.31. The molecule has 19 heavy (non-hydrogen) atoms. The summed E-state index contributed by atoms with van der Waals surface area (Å²) in [4.78, 5) is 5.40. The van der Waals surface area contributed by atoms with Gasteiger partial charge in [0.2, 0.25) is 0 Å². The first-order valence-electron chi connectivity index (χ1n) is 7.44. The molecule has 0 aliphatic carbocycles. The molecule has 1 unspecified atom stereocenters. The van der Waals surface area contributed by atoms with Gasteiger partial charge in [-0.05, 0) is 38.1 Å². The number of thiophene rings is 1. The van der Waals surface area contributed by atoms with E-state index in [1.54, 1.807) is 0 Å². The molecule has 1 aromatic heterocycles. The summed E-state index contributed by atoms with van der Waals surface area (Å²) in [6.07, 6.45) is 2.92. The first-order chi connectivity index (χ1) is 9.31. The Morgan fingerprint density at radius 1 is 1.37 bits per heavy atom. The fraction of sp³-hybridized carbons (Fsp3) is 0.733. The molecule has 1 saturated heterocycles. The van der Waals surface area contributed by atoms with Crippen LogP contribution in [0.4, 0.5) is 0 Å². The second kappa shape index (κ2) is 8.00. The monoisotopic (exact) mass is 282 g/mol. The van der Waals surface area contributed by atoms with Crippen LogP contribution in [-0.2, 0) is 17.8 Å². The number of ether oxygens (including phenoxy) is 1. The summed E-state index contributed by atoms with van der Waals surface area (Å²) in [5.41, 5.74) is 0. The molecule has 1 aromatic rings. The van der Waals surface area contributed by atoms with Crippen LogP contribution in [-0.4, -0.2) is 37.2 Å². The van der Waals surface area contributed by atoms with E-state index in [4.69, 9.17) is 4.74 Å². The molecule has 0 bridgehead atoms. The number of nitrogens with one attached hydrogen (secondary N) is 1. The predicted molar refractivity (Wildman–Crippen MR) is 81.6 cm³/mol. The molecule has 4 heteroatoms. The Labute approximate surface area is 121 Å². The van der Waals surface area contributed by atoms with Crippen LogP contribution in [0.1, 0.15) is 36.4 Å². The first kappa shape index (κ1) is 15.0. The zero-order chi connectivity index (χ0) is 13.5. The maximum Gasteiger partial charge on any atom is 0.0702 e. The van der Waals surface area contributed by atoms with Crippen molar-refractivity contribution in [2.45, 2.75) is 45.9 Å². The van der Waals surface area contributed by atoms with Crippen LogP contribution in [0.5, 0.6) is 0 Å². The highest BCUT2D eigenvalue weighted by Crippen LogP contribution is 2.20. The molecule has 2 heterocycles. The van der Waals surface area contributed by atoms with Crippen molar-refractivity contribution in [3.05, 3.63) is 21.9 Å². The van der Waals surface area contributed by atoms with Crippen molar-refractivity contribution in [1.29, 1.82) is 0 Å². The number of hydrogen-bond donors (Lipinski definition) is 1. The van der Waals surface area contributed by atoms with Gasteiger partial charge in [0.25, 0.3) is 0 Å². The van der Waals surface area contributed by atoms with E-state index >= 15 is 0 Å². The van der Waals surface area contributed by atoms with E-state index in [1.807, 2.05) is 11.3 Å². The lowest BCUT2D eigenvalue weighted by molar-refractivity contribution is 0.0728. The summed E-state index contributed by atoms with van der Waals surface area (Å²) in [5.74, 6) is 0. The highest BCUT2D eigenvalue weighted by molar-refractivity contribution is 7.11. The van der Waals surface area contributed by atoms with Crippen molar-refractivity contribution in [1.82, 2.24) is 10.2 Å².